The number of hydrogen-bond acceptors (Lipinski definition) is 4. The van der Waals surface area contributed by atoms with Gasteiger partial charge in [0.2, 0.25) is 5.91 Å². The van der Waals surface area contributed by atoms with Crippen LogP contribution in [0, 0.1) is 12.7 Å². The van der Waals surface area contributed by atoms with Crippen molar-refractivity contribution in [3.05, 3.63) is 65.2 Å². The Morgan fingerprint density at radius 1 is 1.31 bits per heavy atom. The first-order valence-corrected chi connectivity index (χ1v) is 9.09. The molecule has 0 radical (unpaired) electrons. The number of amides is 1. The van der Waals surface area contributed by atoms with Gasteiger partial charge in [-0.15, -0.1) is 10.2 Å². The van der Waals surface area contributed by atoms with Gasteiger partial charge >= 0.3 is 0 Å². The van der Waals surface area contributed by atoms with Crippen molar-refractivity contribution in [2.45, 2.75) is 24.3 Å². The molecule has 5 nitrogen and oxygen atoms in total. The molecular weight excluding hydrogens is 375 g/mol. The quantitative estimate of drug-likeness (QED) is 0.652. The zero-order chi connectivity index (χ0) is 18.7. The van der Waals surface area contributed by atoms with Gasteiger partial charge in [-0.05, 0) is 49.7 Å². The molecule has 1 N–H and O–H groups in total. The van der Waals surface area contributed by atoms with Crippen molar-refractivity contribution < 1.29 is 9.18 Å². The number of rotatable bonds is 5. The maximum atomic E-state index is 13.6. The minimum atomic E-state index is -0.457. The Hall–Kier alpha value is -2.38. The Bertz CT molecular complexity index is 946. The highest BCUT2D eigenvalue weighted by Crippen LogP contribution is 2.26. The number of nitrogens with one attached hydrogen (secondary N) is 1. The molecule has 0 aliphatic rings. The predicted octanol–water partition coefficient (Wildman–Crippen LogP) is 4.49. The van der Waals surface area contributed by atoms with E-state index in [2.05, 4.69) is 15.5 Å². The van der Waals surface area contributed by atoms with Gasteiger partial charge in [0.25, 0.3) is 0 Å². The Balaban J connectivity index is 1.72. The third-order valence-corrected chi connectivity index (χ3v) is 4.99. The van der Waals surface area contributed by atoms with Crippen LogP contribution in [0.15, 0.2) is 53.9 Å². The Labute approximate surface area is 159 Å². The van der Waals surface area contributed by atoms with Crippen molar-refractivity contribution in [1.82, 2.24) is 14.8 Å². The number of hydrogen-bond donors (Lipinski definition) is 1. The minimum absolute atomic E-state index is 0.251. The number of benzene rings is 2. The van der Waals surface area contributed by atoms with Gasteiger partial charge in [-0.25, -0.2) is 4.39 Å². The van der Waals surface area contributed by atoms with Crippen molar-refractivity contribution >= 4 is 35.0 Å². The summed E-state index contributed by atoms with van der Waals surface area (Å²) in [7, 11) is 0. The van der Waals surface area contributed by atoms with E-state index < -0.39 is 5.25 Å². The molecule has 0 saturated carbocycles. The summed E-state index contributed by atoms with van der Waals surface area (Å²) < 4.78 is 15.4. The molecule has 2 aromatic carbocycles. The first kappa shape index (κ1) is 18.4. The summed E-state index contributed by atoms with van der Waals surface area (Å²) in [5.74, 6) is -0.609. The highest BCUT2D eigenvalue weighted by molar-refractivity contribution is 8.00. The fourth-order valence-electron chi connectivity index (χ4n) is 2.23. The SMILES string of the molecule is Cc1ccc(NC(=O)[C@H](C)Sc2nncn2-c2cccc(Cl)c2)cc1F. The van der Waals surface area contributed by atoms with Crippen LogP contribution in [-0.4, -0.2) is 25.9 Å². The third-order valence-electron chi connectivity index (χ3n) is 3.69. The standard InChI is InChI=1S/C18H16ClFN4OS/c1-11-6-7-14(9-16(11)20)22-17(25)12(2)26-18-23-21-10-24(18)15-5-3-4-13(19)8-15/h3-10,12H,1-2H3,(H,22,25)/t12-/m0/s1. The molecule has 0 spiro atoms. The number of carbonyl (C=O) groups excluding carboxylic acids is 1. The molecule has 0 aliphatic heterocycles. The highest BCUT2D eigenvalue weighted by atomic mass is 35.5. The number of aromatic nitrogens is 3. The van der Waals surface area contributed by atoms with Gasteiger partial charge in [0.1, 0.15) is 12.1 Å². The lowest BCUT2D eigenvalue weighted by molar-refractivity contribution is -0.115. The average molecular weight is 391 g/mol. The molecule has 0 saturated heterocycles. The fraction of sp³-hybridized carbons (Fsp3) is 0.167. The molecule has 134 valence electrons. The summed E-state index contributed by atoms with van der Waals surface area (Å²) in [6.45, 7) is 3.42. The molecule has 3 aromatic rings. The summed E-state index contributed by atoms with van der Waals surface area (Å²) in [6.07, 6.45) is 1.56. The summed E-state index contributed by atoms with van der Waals surface area (Å²) in [6, 6.07) is 11.9. The lowest BCUT2D eigenvalue weighted by Gasteiger charge is -2.13. The van der Waals surface area contributed by atoms with Crippen LogP contribution in [0.1, 0.15) is 12.5 Å². The van der Waals surface area contributed by atoms with Crippen molar-refractivity contribution in [2.75, 3.05) is 5.32 Å². The average Bonchev–Trinajstić information content (AvgIpc) is 3.06. The summed E-state index contributed by atoms with van der Waals surface area (Å²) >= 11 is 7.28. The molecule has 1 atom stereocenters. The van der Waals surface area contributed by atoms with Gasteiger partial charge in [-0.2, -0.15) is 0 Å². The molecule has 0 bridgehead atoms. The summed E-state index contributed by atoms with van der Waals surface area (Å²) in [5.41, 5.74) is 1.75. The van der Waals surface area contributed by atoms with Gasteiger partial charge < -0.3 is 5.32 Å². The number of halogens is 2. The van der Waals surface area contributed by atoms with E-state index in [0.29, 0.717) is 21.4 Å². The van der Waals surface area contributed by atoms with E-state index in [1.165, 1.54) is 17.8 Å². The summed E-state index contributed by atoms with van der Waals surface area (Å²) in [4.78, 5) is 12.4. The topological polar surface area (TPSA) is 59.8 Å². The molecule has 0 aliphatic carbocycles. The van der Waals surface area contributed by atoms with Crippen LogP contribution in [0.25, 0.3) is 5.69 Å². The molecule has 0 fully saturated rings. The van der Waals surface area contributed by atoms with Crippen LogP contribution < -0.4 is 5.32 Å². The lowest BCUT2D eigenvalue weighted by Crippen LogP contribution is -2.23. The van der Waals surface area contributed by atoms with Gasteiger partial charge in [0.15, 0.2) is 5.16 Å². The predicted molar refractivity (Wildman–Crippen MR) is 101 cm³/mol. The molecule has 1 heterocycles. The summed E-state index contributed by atoms with van der Waals surface area (Å²) in [5, 5.41) is 11.4. The van der Waals surface area contributed by atoms with Crippen molar-refractivity contribution in [3.63, 3.8) is 0 Å². The number of thioether (sulfide) groups is 1. The monoisotopic (exact) mass is 390 g/mol. The zero-order valence-corrected chi connectivity index (χ0v) is 15.7. The number of aryl methyl sites for hydroxylation is 1. The number of nitrogens with zero attached hydrogens (tertiary/aromatic N) is 3. The smallest absolute Gasteiger partial charge is 0.237 e. The van der Waals surface area contributed by atoms with E-state index in [0.717, 1.165) is 5.69 Å². The number of carbonyl (C=O) groups is 1. The van der Waals surface area contributed by atoms with Crippen molar-refractivity contribution in [3.8, 4) is 5.69 Å². The maximum absolute atomic E-state index is 13.6. The minimum Gasteiger partial charge on any atom is -0.325 e. The van der Waals surface area contributed by atoms with Crippen LogP contribution in [-0.2, 0) is 4.79 Å². The Morgan fingerprint density at radius 2 is 2.12 bits per heavy atom. The van der Waals surface area contributed by atoms with E-state index >= 15 is 0 Å². The molecule has 1 aromatic heterocycles. The second-order valence-corrected chi connectivity index (χ2v) is 7.42. The normalized spacial score (nSPS) is 12.0. The molecule has 1 amide bonds. The molecule has 8 heteroatoms. The van der Waals surface area contributed by atoms with Gasteiger partial charge in [0, 0.05) is 10.7 Å². The van der Waals surface area contributed by atoms with E-state index in [1.807, 2.05) is 12.1 Å². The third kappa shape index (κ3) is 4.23. The molecule has 26 heavy (non-hydrogen) atoms. The lowest BCUT2D eigenvalue weighted by atomic mass is 10.2. The van der Waals surface area contributed by atoms with Gasteiger partial charge in [-0.3, -0.25) is 9.36 Å². The van der Waals surface area contributed by atoms with Crippen LogP contribution in [0.3, 0.4) is 0 Å². The van der Waals surface area contributed by atoms with Gasteiger partial charge in [-0.1, -0.05) is 35.5 Å². The maximum Gasteiger partial charge on any atom is 0.237 e. The van der Waals surface area contributed by atoms with Crippen LogP contribution in [0.4, 0.5) is 10.1 Å². The molecule has 0 unspecified atom stereocenters. The van der Waals surface area contributed by atoms with Gasteiger partial charge in [0.05, 0.1) is 10.9 Å². The molecule has 3 rings (SSSR count). The first-order valence-electron chi connectivity index (χ1n) is 7.83. The van der Waals surface area contributed by atoms with E-state index in [-0.39, 0.29) is 11.7 Å². The highest BCUT2D eigenvalue weighted by Gasteiger charge is 2.19. The second kappa shape index (κ2) is 7.88. The van der Waals surface area contributed by atoms with Crippen LogP contribution in [0.2, 0.25) is 5.02 Å². The molecular formula is C18H16ClFN4OS. The Kier molecular flexibility index (Phi) is 5.58. The van der Waals surface area contributed by atoms with E-state index in [4.69, 9.17) is 11.6 Å². The van der Waals surface area contributed by atoms with E-state index in [9.17, 15) is 9.18 Å². The number of anilines is 1. The first-order chi connectivity index (χ1) is 12.4. The van der Waals surface area contributed by atoms with E-state index in [1.54, 1.807) is 49.0 Å². The zero-order valence-electron chi connectivity index (χ0n) is 14.1. The van der Waals surface area contributed by atoms with Crippen molar-refractivity contribution in [1.29, 1.82) is 0 Å². The Morgan fingerprint density at radius 3 is 2.85 bits per heavy atom. The van der Waals surface area contributed by atoms with Crippen LogP contribution in [0.5, 0.6) is 0 Å². The largest absolute Gasteiger partial charge is 0.325 e. The van der Waals surface area contributed by atoms with Crippen LogP contribution >= 0.6 is 23.4 Å². The second-order valence-electron chi connectivity index (χ2n) is 5.68. The van der Waals surface area contributed by atoms with Crippen molar-refractivity contribution in [2.24, 2.45) is 0 Å². The fourth-order valence-corrected chi connectivity index (χ4v) is 3.26.